The minimum atomic E-state index is -4.69. The maximum absolute atomic E-state index is 14.6. The third-order valence-electron chi connectivity index (χ3n) is 13.2. The summed E-state index contributed by atoms with van der Waals surface area (Å²) in [5, 5.41) is 70.7. The van der Waals surface area contributed by atoms with Gasteiger partial charge in [0.05, 0.1) is 61.6 Å². The van der Waals surface area contributed by atoms with Gasteiger partial charge in [0.2, 0.25) is 10.0 Å². The molecule has 2 saturated heterocycles. The van der Waals surface area contributed by atoms with E-state index in [1.807, 2.05) is 0 Å². The molecule has 2 unspecified atom stereocenters. The van der Waals surface area contributed by atoms with Gasteiger partial charge >= 0.3 is 24.4 Å². The summed E-state index contributed by atoms with van der Waals surface area (Å²) in [6, 6.07) is -0.766. The highest BCUT2D eigenvalue weighted by molar-refractivity contribution is 7.89. The predicted molar refractivity (Wildman–Crippen MR) is 290 cm³/mol. The van der Waals surface area contributed by atoms with E-state index in [1.165, 1.54) is 32.2 Å². The number of amides is 5. The zero-order valence-corrected chi connectivity index (χ0v) is 50.0. The van der Waals surface area contributed by atoms with Gasteiger partial charge in [-0.05, 0) is 128 Å². The average Bonchev–Trinajstić information content (AvgIpc) is 3.78. The van der Waals surface area contributed by atoms with Gasteiger partial charge in [0.1, 0.15) is 58.2 Å². The Morgan fingerprint density at radius 1 is 0.829 bits per heavy atom. The van der Waals surface area contributed by atoms with Crippen molar-refractivity contribution in [2.24, 2.45) is 5.92 Å². The Balaban J connectivity index is 1.64. The average molecular weight is 1190 g/mol. The van der Waals surface area contributed by atoms with E-state index in [9.17, 15) is 62.9 Å². The molecule has 1 saturated carbocycles. The number of nitrogens with one attached hydrogen (secondary N) is 4. The summed E-state index contributed by atoms with van der Waals surface area (Å²) in [6.45, 7) is 19.0. The molecule has 1 aliphatic carbocycles. The first kappa shape index (κ1) is 67.1. The van der Waals surface area contributed by atoms with Gasteiger partial charge in [-0.3, -0.25) is 14.9 Å². The molecule has 464 valence electrons. The largest absolute Gasteiger partial charge is 0.491 e. The van der Waals surface area contributed by atoms with E-state index in [-0.39, 0.29) is 31.2 Å². The fraction of sp³-hybridized carbons (Fsp3) is 0.755. The molecule has 13 atom stereocenters. The molecule has 0 radical (unpaired) electrons. The molecule has 3 heterocycles. The molecule has 0 spiro atoms. The highest BCUT2D eigenvalue weighted by Crippen LogP contribution is 2.40. The van der Waals surface area contributed by atoms with E-state index in [4.69, 9.17) is 37.9 Å². The van der Waals surface area contributed by atoms with Crippen molar-refractivity contribution in [1.29, 1.82) is 0 Å². The lowest BCUT2D eigenvalue weighted by Crippen LogP contribution is -2.71. The number of nitro benzene ring substituents is 1. The maximum Gasteiger partial charge on any atom is 0.410 e. The number of carbonyl (C=O) groups is 5. The predicted octanol–water partition coefficient (Wildman–Crippen LogP) is 3.06. The van der Waals surface area contributed by atoms with Crippen molar-refractivity contribution in [3.63, 3.8) is 0 Å². The Kier molecular flexibility index (Phi) is 21.7. The summed E-state index contributed by atoms with van der Waals surface area (Å²) >= 11 is 0. The molecule has 0 aromatic heterocycles. The summed E-state index contributed by atoms with van der Waals surface area (Å²) in [5.41, 5.74) is -6.75. The van der Waals surface area contributed by atoms with Crippen LogP contribution >= 0.6 is 0 Å². The number of aliphatic hydroxyl groups is 4. The second-order valence-electron chi connectivity index (χ2n) is 25.1. The van der Waals surface area contributed by atoms with E-state index in [0.29, 0.717) is 13.0 Å². The number of benzene rings is 1. The second kappa shape index (κ2) is 26.5. The Labute approximate surface area is 478 Å². The van der Waals surface area contributed by atoms with E-state index in [2.05, 4.69) is 21.3 Å². The van der Waals surface area contributed by atoms with Crippen LogP contribution < -0.4 is 21.3 Å². The number of epoxide rings is 1. The number of rotatable bonds is 19. The molecule has 3 aliphatic heterocycles. The Hall–Kier alpha value is -5.66. The molecule has 82 heavy (non-hydrogen) atoms. The third kappa shape index (κ3) is 19.2. The van der Waals surface area contributed by atoms with Gasteiger partial charge in [-0.1, -0.05) is 12.1 Å². The van der Waals surface area contributed by atoms with Crippen molar-refractivity contribution in [3.05, 3.63) is 46.2 Å². The number of hydrogen-bond donors (Lipinski definition) is 8. The standard InChI is InChI=1S/C53H85N7O21S/c1-49(2,3)78-45(65)54-25-35(61)43(64)55-33-24-32(57-47(67)80-51(7,8)9)37(38(62)41(33)77-44-39(63)42(53(13,69)28-75-44)58(14)48(68)81-52(10,11)12)40-31(56-46(66)79-50(4,5)6)22-21-29(76-40)26-59(23-17-18-30-27-74-30)82(72,73)36-20-16-15-19-34(36)60(70)71/h15-16,19-21,30-33,35,37-42,44,61-63,69H,17-18,22-28H2,1-14H3,(H,54,65)(H,55,64)(H,56,66)(H,57,67)/t30?,31-,32+,33-,35+,37?,38+,39-,40+,41+,42-,44-,53+/m1/s1. The molecular weight excluding hydrogens is 1100 g/mol. The first-order valence-corrected chi connectivity index (χ1v) is 28.6. The summed E-state index contributed by atoms with van der Waals surface area (Å²) < 4.78 is 76.8. The van der Waals surface area contributed by atoms with Crippen LogP contribution in [0.3, 0.4) is 0 Å². The van der Waals surface area contributed by atoms with E-state index < -0.39 is 177 Å². The molecule has 28 nitrogen and oxygen atoms in total. The summed E-state index contributed by atoms with van der Waals surface area (Å²) in [7, 11) is -3.42. The van der Waals surface area contributed by atoms with Crippen LogP contribution in [0.4, 0.5) is 24.9 Å². The number of hydrogen-bond acceptors (Lipinski definition) is 21. The molecule has 4 aliphatic rings. The van der Waals surface area contributed by atoms with Crippen LogP contribution in [-0.4, -0.2) is 208 Å². The van der Waals surface area contributed by atoms with Crippen LogP contribution in [0, 0.1) is 16.0 Å². The van der Waals surface area contributed by atoms with E-state index in [1.54, 1.807) is 83.1 Å². The van der Waals surface area contributed by atoms with Crippen molar-refractivity contribution in [3.8, 4) is 0 Å². The van der Waals surface area contributed by atoms with Gasteiger partial charge in [-0.25, -0.2) is 27.6 Å². The minimum absolute atomic E-state index is 0.0601. The number of para-hydroxylation sites is 1. The number of ether oxygens (including phenoxy) is 8. The number of carbonyl (C=O) groups excluding carboxylic acids is 5. The van der Waals surface area contributed by atoms with Gasteiger partial charge in [0.25, 0.3) is 11.6 Å². The monoisotopic (exact) mass is 1190 g/mol. The minimum Gasteiger partial charge on any atom is -0.491 e. The topological polar surface area (TPSA) is 375 Å². The molecule has 5 rings (SSSR count). The van der Waals surface area contributed by atoms with Crippen LogP contribution in [-0.2, 0) is 52.7 Å². The lowest BCUT2D eigenvalue weighted by molar-refractivity contribution is -0.387. The third-order valence-corrected chi connectivity index (χ3v) is 15.0. The lowest BCUT2D eigenvalue weighted by atomic mass is 9.72. The highest BCUT2D eigenvalue weighted by Gasteiger charge is 2.57. The van der Waals surface area contributed by atoms with E-state index in [0.717, 1.165) is 21.3 Å². The summed E-state index contributed by atoms with van der Waals surface area (Å²) in [5.74, 6) is -2.71. The summed E-state index contributed by atoms with van der Waals surface area (Å²) in [4.78, 5) is 79.6. The number of sulfonamides is 1. The van der Waals surface area contributed by atoms with Crippen LogP contribution in [0.15, 0.2) is 41.0 Å². The number of aliphatic hydroxyl groups excluding tert-OH is 3. The van der Waals surface area contributed by atoms with Crippen LogP contribution in [0.1, 0.15) is 116 Å². The molecule has 1 aromatic rings. The second-order valence-corrected chi connectivity index (χ2v) is 27.0. The van der Waals surface area contributed by atoms with Crippen molar-refractivity contribution < 1.29 is 95.6 Å². The van der Waals surface area contributed by atoms with E-state index >= 15 is 0 Å². The molecule has 3 fully saturated rings. The molecule has 1 aromatic carbocycles. The van der Waals surface area contributed by atoms with Crippen molar-refractivity contribution in [2.75, 3.05) is 39.9 Å². The Morgan fingerprint density at radius 3 is 1.95 bits per heavy atom. The molecule has 0 bridgehead atoms. The van der Waals surface area contributed by atoms with Crippen molar-refractivity contribution >= 4 is 46.0 Å². The van der Waals surface area contributed by atoms with Gasteiger partial charge in [0, 0.05) is 31.6 Å². The van der Waals surface area contributed by atoms with Gasteiger partial charge < -0.3 is 84.5 Å². The number of nitro groups is 1. The lowest BCUT2D eigenvalue weighted by Gasteiger charge is -2.52. The van der Waals surface area contributed by atoms with Gasteiger partial charge in [-0.2, -0.15) is 4.31 Å². The van der Waals surface area contributed by atoms with Crippen molar-refractivity contribution in [2.45, 2.75) is 216 Å². The molecular formula is C53H85N7O21S. The molecule has 29 heteroatoms. The first-order valence-electron chi connectivity index (χ1n) is 27.1. The number of nitrogens with zero attached hydrogens (tertiary/aromatic N) is 3. The fourth-order valence-electron chi connectivity index (χ4n) is 9.70. The van der Waals surface area contributed by atoms with Crippen LogP contribution in [0.2, 0.25) is 0 Å². The van der Waals surface area contributed by atoms with Gasteiger partial charge in [0.15, 0.2) is 11.2 Å². The first-order chi connectivity index (χ1) is 37.7. The summed E-state index contributed by atoms with van der Waals surface area (Å²) in [6.07, 6.45) is -13.5. The van der Waals surface area contributed by atoms with Crippen LogP contribution in [0.5, 0.6) is 0 Å². The maximum atomic E-state index is 14.6. The number of alkyl carbamates (subject to hydrolysis) is 3. The van der Waals surface area contributed by atoms with Crippen LogP contribution in [0.25, 0.3) is 0 Å². The fourth-order valence-corrected chi connectivity index (χ4v) is 11.3. The zero-order valence-electron chi connectivity index (χ0n) is 49.2. The molecule has 8 N–H and O–H groups in total. The number of likely N-dealkylation sites (N-methyl/N-ethyl adjacent to an activating group) is 1. The van der Waals surface area contributed by atoms with Crippen molar-refractivity contribution in [1.82, 2.24) is 30.5 Å². The Bertz CT molecular complexity index is 2570. The SMILES string of the molecule is CN(C(=O)OC(C)(C)C)[C@@H]1[C@@H](O)[C@@H](O[C@H]2[C@H](NC(=O)[C@@H](O)CNC(=O)OC(C)(C)C)C[C@H](NC(=O)OC(C)(C)C)C([C@H]3OC(CN(CCCC4CO4)S(=O)(=O)c4ccccc4[N+](=O)[O-])=CC[C@H]3NC(=O)OC(C)(C)C)[C@@H]2O)OC[C@]1(C)O. The quantitative estimate of drug-likeness (QED) is 0.0427. The normalized spacial score (nSPS) is 28.2. The van der Waals surface area contributed by atoms with Gasteiger partial charge in [-0.15, -0.1) is 0 Å². The molecule has 5 amide bonds. The smallest absolute Gasteiger partial charge is 0.410 e. The zero-order chi connectivity index (χ0) is 61.7. The Morgan fingerprint density at radius 2 is 1.39 bits per heavy atom. The highest BCUT2D eigenvalue weighted by atomic mass is 32.2.